The lowest BCUT2D eigenvalue weighted by atomic mass is 10.4. The molecule has 1 aliphatic carbocycles. The highest BCUT2D eigenvalue weighted by atomic mass is 32.2. The topological polar surface area (TPSA) is 54.3 Å². The molecule has 118 valence electrons. The first-order valence-corrected chi connectivity index (χ1v) is 8.93. The maximum Gasteiger partial charge on any atom is 0.245 e. The minimum atomic E-state index is -3.42. The Kier molecular flexibility index (Phi) is 5.24. The SMILES string of the molecule is C=CCN(C1CC1)S(=O)(=O)c1cc(CNCCC)n(C)c1. The van der Waals surface area contributed by atoms with Gasteiger partial charge in [-0.3, -0.25) is 0 Å². The van der Waals surface area contributed by atoms with Crippen molar-refractivity contribution < 1.29 is 8.42 Å². The maximum absolute atomic E-state index is 12.7. The molecule has 5 nitrogen and oxygen atoms in total. The standard InChI is InChI=1S/C15H25N3O2S/c1-4-8-16-11-14-10-15(12-17(14)3)21(19,20)18(9-5-2)13-6-7-13/h5,10,12-13,16H,2,4,6-9,11H2,1,3H3. The van der Waals surface area contributed by atoms with Gasteiger partial charge in [0, 0.05) is 38.1 Å². The van der Waals surface area contributed by atoms with Crippen LogP contribution in [0.25, 0.3) is 0 Å². The molecule has 1 saturated carbocycles. The molecule has 0 radical (unpaired) electrons. The number of hydrogen-bond donors (Lipinski definition) is 1. The van der Waals surface area contributed by atoms with Crippen LogP contribution in [0.3, 0.4) is 0 Å². The number of aromatic nitrogens is 1. The summed E-state index contributed by atoms with van der Waals surface area (Å²) >= 11 is 0. The lowest BCUT2D eigenvalue weighted by molar-refractivity contribution is 0.436. The van der Waals surface area contributed by atoms with Crippen LogP contribution in [0.4, 0.5) is 0 Å². The van der Waals surface area contributed by atoms with Crippen LogP contribution in [0.5, 0.6) is 0 Å². The van der Waals surface area contributed by atoms with Crippen molar-refractivity contribution in [3.8, 4) is 0 Å². The normalized spacial score (nSPS) is 15.6. The van der Waals surface area contributed by atoms with Crippen LogP contribution in [-0.2, 0) is 23.6 Å². The molecular weight excluding hydrogens is 286 g/mol. The lowest BCUT2D eigenvalue weighted by Gasteiger charge is -2.19. The average Bonchev–Trinajstić information content (AvgIpc) is 3.20. The maximum atomic E-state index is 12.7. The van der Waals surface area contributed by atoms with E-state index in [2.05, 4.69) is 18.8 Å². The van der Waals surface area contributed by atoms with E-state index >= 15 is 0 Å². The fourth-order valence-electron chi connectivity index (χ4n) is 2.36. The zero-order valence-corrected chi connectivity index (χ0v) is 13.7. The molecule has 0 bridgehead atoms. The van der Waals surface area contributed by atoms with Crippen LogP contribution in [0.2, 0.25) is 0 Å². The smallest absolute Gasteiger partial charge is 0.245 e. The van der Waals surface area contributed by atoms with E-state index in [0.717, 1.165) is 31.5 Å². The third-order valence-corrected chi connectivity index (χ3v) is 5.57. The van der Waals surface area contributed by atoms with E-state index in [4.69, 9.17) is 0 Å². The minimum Gasteiger partial charge on any atom is -0.352 e. The summed E-state index contributed by atoms with van der Waals surface area (Å²) in [5.41, 5.74) is 0.983. The Morgan fingerprint density at radius 1 is 1.52 bits per heavy atom. The molecule has 1 aromatic rings. The number of nitrogens with zero attached hydrogens (tertiary/aromatic N) is 2. The molecule has 1 fully saturated rings. The van der Waals surface area contributed by atoms with Gasteiger partial charge in [0.2, 0.25) is 10.0 Å². The second kappa shape index (κ2) is 6.77. The van der Waals surface area contributed by atoms with Gasteiger partial charge < -0.3 is 9.88 Å². The molecule has 1 aliphatic rings. The molecule has 0 amide bonds. The van der Waals surface area contributed by atoms with Crippen LogP contribution in [0.1, 0.15) is 31.9 Å². The van der Waals surface area contributed by atoms with Crippen LogP contribution < -0.4 is 5.32 Å². The van der Waals surface area contributed by atoms with Gasteiger partial charge >= 0.3 is 0 Å². The Hall–Kier alpha value is -1.11. The molecule has 6 heteroatoms. The Labute approximate surface area is 127 Å². The Bertz CT molecular complexity index is 588. The van der Waals surface area contributed by atoms with Gasteiger partial charge in [0.1, 0.15) is 4.90 Å². The van der Waals surface area contributed by atoms with Crippen LogP contribution in [0.15, 0.2) is 29.8 Å². The fourth-order valence-corrected chi connectivity index (χ4v) is 4.11. The van der Waals surface area contributed by atoms with Crippen molar-refractivity contribution in [1.29, 1.82) is 0 Å². The lowest BCUT2D eigenvalue weighted by Crippen LogP contribution is -2.33. The second-order valence-electron chi connectivity index (χ2n) is 5.55. The first-order chi connectivity index (χ1) is 10.0. The Morgan fingerprint density at radius 3 is 2.81 bits per heavy atom. The van der Waals surface area contributed by atoms with Crippen LogP contribution >= 0.6 is 0 Å². The van der Waals surface area contributed by atoms with Crippen molar-refractivity contribution in [1.82, 2.24) is 14.2 Å². The summed E-state index contributed by atoms with van der Waals surface area (Å²) in [7, 11) is -1.53. The summed E-state index contributed by atoms with van der Waals surface area (Å²) in [6, 6.07) is 1.92. The van der Waals surface area contributed by atoms with Crippen molar-refractivity contribution in [2.45, 2.75) is 43.7 Å². The first kappa shape index (κ1) is 16.3. The molecule has 21 heavy (non-hydrogen) atoms. The van der Waals surface area contributed by atoms with Crippen LogP contribution in [0, 0.1) is 0 Å². The molecule has 0 aliphatic heterocycles. The van der Waals surface area contributed by atoms with Gasteiger partial charge in [-0.25, -0.2) is 8.42 Å². The molecule has 0 unspecified atom stereocenters. The van der Waals surface area contributed by atoms with Gasteiger partial charge in [-0.2, -0.15) is 4.31 Å². The van der Waals surface area contributed by atoms with E-state index in [9.17, 15) is 8.42 Å². The first-order valence-electron chi connectivity index (χ1n) is 7.49. The molecule has 1 heterocycles. The average molecular weight is 311 g/mol. The van der Waals surface area contributed by atoms with E-state index in [1.807, 2.05) is 11.6 Å². The highest BCUT2D eigenvalue weighted by Gasteiger charge is 2.37. The summed E-state index contributed by atoms with van der Waals surface area (Å²) in [5.74, 6) is 0. The minimum absolute atomic E-state index is 0.148. The zero-order valence-electron chi connectivity index (χ0n) is 12.9. The van der Waals surface area contributed by atoms with Crippen molar-refractivity contribution in [2.24, 2.45) is 7.05 Å². The van der Waals surface area contributed by atoms with Crippen LogP contribution in [-0.4, -0.2) is 36.4 Å². The Balaban J connectivity index is 2.19. The number of aryl methyl sites for hydroxylation is 1. The summed E-state index contributed by atoms with van der Waals surface area (Å²) in [5, 5.41) is 3.30. The van der Waals surface area contributed by atoms with E-state index < -0.39 is 10.0 Å². The number of sulfonamides is 1. The van der Waals surface area contributed by atoms with Gasteiger partial charge in [-0.15, -0.1) is 6.58 Å². The summed E-state index contributed by atoms with van der Waals surface area (Å²) in [4.78, 5) is 0.382. The quantitative estimate of drug-likeness (QED) is 0.559. The highest BCUT2D eigenvalue weighted by molar-refractivity contribution is 7.89. The zero-order chi connectivity index (χ0) is 15.5. The molecule has 1 N–H and O–H groups in total. The summed E-state index contributed by atoms with van der Waals surface area (Å²) < 4.78 is 28.9. The number of nitrogens with one attached hydrogen (secondary N) is 1. The van der Waals surface area contributed by atoms with Gasteiger partial charge in [0.05, 0.1) is 0 Å². The monoisotopic (exact) mass is 311 g/mol. The van der Waals surface area contributed by atoms with Crippen molar-refractivity contribution in [3.05, 3.63) is 30.6 Å². The van der Waals surface area contributed by atoms with E-state index in [1.54, 1.807) is 22.6 Å². The van der Waals surface area contributed by atoms with Crippen molar-refractivity contribution >= 4 is 10.0 Å². The molecule has 0 spiro atoms. The molecule has 0 aromatic carbocycles. The second-order valence-corrected chi connectivity index (χ2v) is 7.44. The summed E-state index contributed by atoms with van der Waals surface area (Å²) in [6.45, 7) is 7.77. The van der Waals surface area contributed by atoms with Gasteiger partial charge in [0.15, 0.2) is 0 Å². The molecule has 0 saturated heterocycles. The molecule has 1 aromatic heterocycles. The molecule has 2 rings (SSSR count). The summed E-state index contributed by atoms with van der Waals surface area (Å²) in [6.07, 6.45) is 6.32. The predicted molar refractivity (Wildman–Crippen MR) is 84.5 cm³/mol. The van der Waals surface area contributed by atoms with E-state index in [0.29, 0.717) is 18.0 Å². The number of hydrogen-bond acceptors (Lipinski definition) is 3. The number of rotatable bonds is 9. The third kappa shape index (κ3) is 3.75. The predicted octanol–water partition coefficient (Wildman–Crippen LogP) is 1.86. The van der Waals surface area contributed by atoms with E-state index in [1.165, 1.54) is 0 Å². The van der Waals surface area contributed by atoms with Gasteiger partial charge in [0.25, 0.3) is 0 Å². The van der Waals surface area contributed by atoms with Gasteiger partial charge in [-0.05, 0) is 31.9 Å². The Morgan fingerprint density at radius 2 is 2.24 bits per heavy atom. The van der Waals surface area contributed by atoms with Gasteiger partial charge in [-0.1, -0.05) is 13.0 Å². The molecule has 0 atom stereocenters. The van der Waals surface area contributed by atoms with Crippen molar-refractivity contribution in [3.63, 3.8) is 0 Å². The fraction of sp³-hybridized carbons (Fsp3) is 0.600. The molecular formula is C15H25N3O2S. The van der Waals surface area contributed by atoms with E-state index in [-0.39, 0.29) is 6.04 Å². The third-order valence-electron chi connectivity index (χ3n) is 3.69. The largest absolute Gasteiger partial charge is 0.352 e. The van der Waals surface area contributed by atoms with Crippen molar-refractivity contribution in [2.75, 3.05) is 13.1 Å². The highest BCUT2D eigenvalue weighted by Crippen LogP contribution is 2.32.